The first-order chi connectivity index (χ1) is 24.8. The third-order valence-electron chi connectivity index (χ3n) is 12.9. The number of rotatable bonds is 10. The van der Waals surface area contributed by atoms with Crippen LogP contribution in [-0.2, 0) is 25.9 Å². The first-order valence-electron chi connectivity index (χ1n) is 19.7. The van der Waals surface area contributed by atoms with E-state index >= 15 is 0 Å². The van der Waals surface area contributed by atoms with Gasteiger partial charge in [0, 0.05) is 51.1 Å². The van der Waals surface area contributed by atoms with Gasteiger partial charge in [0.2, 0.25) is 11.8 Å². The molecule has 3 saturated heterocycles. The highest BCUT2D eigenvalue weighted by atomic mass is 16.7. The molecule has 3 aromatic rings. The number of nitrogens with one attached hydrogen (secondary N) is 1. The number of imide groups is 1. The number of nitrogens with zero attached hydrogens (tertiary/aromatic N) is 4. The second-order valence-corrected chi connectivity index (χ2v) is 16.8. The normalized spacial score (nSPS) is 25.8. The van der Waals surface area contributed by atoms with Gasteiger partial charge in [-0.25, -0.2) is 0 Å². The number of fused-ring (bicyclic) bond motifs is 1. The summed E-state index contributed by atoms with van der Waals surface area (Å²) in [5.74, 6) is 0.914. The Morgan fingerprint density at radius 3 is 2.35 bits per heavy atom. The van der Waals surface area contributed by atoms with Gasteiger partial charge in [-0.05, 0) is 109 Å². The monoisotopic (exact) mass is 711 g/mol. The number of piperidine rings is 1. The third kappa shape index (κ3) is 7.38. The van der Waals surface area contributed by atoms with Gasteiger partial charge >= 0.3 is 7.12 Å². The lowest BCUT2D eigenvalue weighted by molar-refractivity contribution is -0.134. The van der Waals surface area contributed by atoms with Crippen molar-refractivity contribution < 1.29 is 23.6 Å². The van der Waals surface area contributed by atoms with E-state index in [4.69, 9.17) is 19.1 Å². The molecule has 1 saturated carbocycles. The Morgan fingerprint density at radius 1 is 0.962 bits per heavy atom. The molecule has 4 fully saturated rings. The van der Waals surface area contributed by atoms with Gasteiger partial charge in [0.25, 0.3) is 0 Å². The van der Waals surface area contributed by atoms with Gasteiger partial charge in [-0.1, -0.05) is 37.1 Å². The number of hydrogen-bond donors (Lipinski definition) is 1. The molecule has 52 heavy (non-hydrogen) atoms. The number of anilines is 1. The number of piperazine rings is 1. The number of carbonyl (C=O) groups is 2. The van der Waals surface area contributed by atoms with Gasteiger partial charge in [0.05, 0.1) is 40.1 Å². The maximum Gasteiger partial charge on any atom is 0.495 e. The minimum atomic E-state index is -0.390. The van der Waals surface area contributed by atoms with Gasteiger partial charge in [-0.2, -0.15) is 5.10 Å². The number of aryl methyl sites for hydroxylation is 1. The first kappa shape index (κ1) is 36.9. The summed E-state index contributed by atoms with van der Waals surface area (Å²) >= 11 is 0. The van der Waals surface area contributed by atoms with E-state index in [0.717, 1.165) is 78.3 Å². The molecular weight excluding hydrogens is 653 g/mol. The minimum Gasteiger partial charge on any atom is -0.490 e. The largest absolute Gasteiger partial charge is 0.495 e. The number of amides is 2. The molecule has 1 aromatic heterocycles. The van der Waals surface area contributed by atoms with Crippen LogP contribution < -0.4 is 20.4 Å². The smallest absolute Gasteiger partial charge is 0.490 e. The molecule has 1 aliphatic carbocycles. The highest BCUT2D eigenvalue weighted by Gasteiger charge is 2.52. The van der Waals surface area contributed by atoms with Crippen molar-refractivity contribution >= 4 is 41.0 Å². The summed E-state index contributed by atoms with van der Waals surface area (Å²) in [5.41, 5.74) is 4.46. The zero-order chi connectivity index (χ0) is 36.8. The fourth-order valence-corrected chi connectivity index (χ4v) is 8.80. The lowest BCUT2D eigenvalue weighted by Crippen LogP contribution is -2.49. The van der Waals surface area contributed by atoms with Crippen molar-refractivity contribution in [2.75, 3.05) is 31.1 Å². The summed E-state index contributed by atoms with van der Waals surface area (Å²) < 4.78 is 21.2. The van der Waals surface area contributed by atoms with Crippen molar-refractivity contribution in [2.45, 2.75) is 129 Å². The molecule has 2 amide bonds. The predicted octanol–water partition coefficient (Wildman–Crippen LogP) is 6.02. The van der Waals surface area contributed by atoms with Crippen molar-refractivity contribution in [3.05, 3.63) is 47.7 Å². The van der Waals surface area contributed by atoms with E-state index in [1.54, 1.807) is 0 Å². The molecule has 4 heterocycles. The Hall–Kier alpha value is -3.41. The van der Waals surface area contributed by atoms with Crippen LogP contribution >= 0.6 is 0 Å². The van der Waals surface area contributed by atoms with Gasteiger partial charge in [0.1, 0.15) is 5.75 Å². The quantitative estimate of drug-likeness (QED) is 0.202. The van der Waals surface area contributed by atoms with E-state index in [0.29, 0.717) is 18.9 Å². The van der Waals surface area contributed by atoms with E-state index < -0.39 is 0 Å². The number of carbonyl (C=O) groups excluding carboxylic acids is 2. The maximum atomic E-state index is 12.7. The molecule has 7 rings (SSSR count). The molecule has 0 unspecified atom stereocenters. The number of ether oxygens (including phenoxy) is 1. The van der Waals surface area contributed by atoms with Gasteiger partial charge in [0.15, 0.2) is 0 Å². The molecule has 11 heteroatoms. The van der Waals surface area contributed by atoms with Crippen molar-refractivity contribution in [1.82, 2.24) is 20.0 Å². The van der Waals surface area contributed by atoms with Crippen LogP contribution in [0.2, 0.25) is 0 Å². The number of para-hydroxylation sites is 1. The van der Waals surface area contributed by atoms with Crippen molar-refractivity contribution in [3.63, 3.8) is 0 Å². The number of aromatic nitrogens is 2. The number of hydrogen-bond acceptors (Lipinski definition) is 8. The predicted molar refractivity (Wildman–Crippen MR) is 206 cm³/mol. The zero-order valence-electron chi connectivity index (χ0n) is 32.4. The Morgan fingerprint density at radius 2 is 1.65 bits per heavy atom. The van der Waals surface area contributed by atoms with E-state index in [-0.39, 0.29) is 42.2 Å². The van der Waals surface area contributed by atoms with Crippen molar-refractivity contribution in [2.24, 2.45) is 13.0 Å². The van der Waals surface area contributed by atoms with E-state index in [9.17, 15) is 9.59 Å². The van der Waals surface area contributed by atoms with E-state index in [1.165, 1.54) is 37.8 Å². The van der Waals surface area contributed by atoms with Gasteiger partial charge in [-0.3, -0.25) is 24.5 Å². The highest BCUT2D eigenvalue weighted by Crippen LogP contribution is 2.38. The molecular formula is C41H58BN5O5. The zero-order valence-corrected chi connectivity index (χ0v) is 32.4. The molecule has 2 aromatic carbocycles. The first-order valence-corrected chi connectivity index (χ1v) is 19.7. The standard InChI is InChI=1S/C41H58BN5O5/c1-27(46-23-25-47(26-24-46)34-15-9-13-31-37(44-45(7)38(31)34)32-21-22-36(48)43-39(32)49)11-8-12-29-17-19-30(20-18-29)50-35-16-10-14-33(28(35)2)42-51-40(3,4)41(5,6)52-42/h9-10,13-16,27,29-30,32H,8,11-12,17-26H2,1-7H3,(H,43,48,49)/t27-,29?,30?,32-/m1/s1. The van der Waals surface area contributed by atoms with Crippen LogP contribution in [0.4, 0.5) is 5.69 Å². The molecule has 280 valence electrons. The summed E-state index contributed by atoms with van der Waals surface area (Å²) in [7, 11) is 1.58. The van der Waals surface area contributed by atoms with Crippen LogP contribution in [-0.4, -0.2) is 83.1 Å². The van der Waals surface area contributed by atoms with E-state index in [1.807, 2.05) is 11.7 Å². The third-order valence-corrected chi connectivity index (χ3v) is 12.9. The maximum absolute atomic E-state index is 12.7. The van der Waals surface area contributed by atoms with Crippen LogP contribution in [0.5, 0.6) is 5.75 Å². The highest BCUT2D eigenvalue weighted by molar-refractivity contribution is 6.62. The molecule has 0 spiro atoms. The van der Waals surface area contributed by atoms with Crippen molar-refractivity contribution in [3.8, 4) is 5.75 Å². The average molecular weight is 712 g/mol. The van der Waals surface area contributed by atoms with Crippen LogP contribution in [0.1, 0.15) is 110 Å². The fourth-order valence-electron chi connectivity index (χ4n) is 8.80. The molecule has 1 N–H and O–H groups in total. The van der Waals surface area contributed by atoms with Gasteiger partial charge in [-0.15, -0.1) is 0 Å². The second kappa shape index (κ2) is 14.8. The fraction of sp³-hybridized carbons (Fsp3) is 0.634. The average Bonchev–Trinajstić information content (AvgIpc) is 3.56. The van der Waals surface area contributed by atoms with E-state index in [2.05, 4.69) is 93.1 Å². The molecule has 2 atom stereocenters. The molecule has 3 aliphatic heterocycles. The second-order valence-electron chi connectivity index (χ2n) is 16.8. The topological polar surface area (TPSA) is 98.2 Å². The summed E-state index contributed by atoms with van der Waals surface area (Å²) in [5, 5.41) is 8.31. The van der Waals surface area contributed by atoms with Crippen LogP contribution in [0.15, 0.2) is 36.4 Å². The van der Waals surface area contributed by atoms with Crippen LogP contribution in [0.25, 0.3) is 10.9 Å². The molecule has 10 nitrogen and oxygen atoms in total. The SMILES string of the molecule is Cc1c(OC2CCC(CCC[C@@H](C)N3CCN(c4cccc5c([C@H]6CCC(=O)NC6=O)nn(C)c45)CC3)CC2)cccc1B1OC(C)(C)C(C)(C)O1. The molecule has 4 aliphatic rings. The van der Waals surface area contributed by atoms with Crippen LogP contribution in [0, 0.1) is 12.8 Å². The Balaban J connectivity index is 0.855. The number of benzene rings is 2. The van der Waals surface area contributed by atoms with Crippen LogP contribution in [0.3, 0.4) is 0 Å². The lowest BCUT2D eigenvalue weighted by atomic mass is 9.76. The molecule has 0 radical (unpaired) electrons. The van der Waals surface area contributed by atoms with Gasteiger partial charge < -0.3 is 18.9 Å². The summed E-state index contributed by atoms with van der Waals surface area (Å²) in [4.78, 5) is 29.5. The Kier molecular flexibility index (Phi) is 10.5. The minimum absolute atomic E-state index is 0.198. The summed E-state index contributed by atoms with van der Waals surface area (Å²) in [6, 6.07) is 13.1. The summed E-state index contributed by atoms with van der Waals surface area (Å²) in [6.07, 6.45) is 9.61. The summed E-state index contributed by atoms with van der Waals surface area (Å²) in [6.45, 7) is 16.9. The van der Waals surface area contributed by atoms with Crippen molar-refractivity contribution in [1.29, 1.82) is 0 Å². The lowest BCUT2D eigenvalue weighted by Gasteiger charge is -2.39. The Labute approximate surface area is 310 Å². The molecule has 0 bridgehead atoms. The Bertz CT molecular complexity index is 1760.